The third-order valence-electron chi connectivity index (χ3n) is 4.11. The van der Waals surface area contributed by atoms with Crippen molar-refractivity contribution < 1.29 is 19.5 Å². The van der Waals surface area contributed by atoms with Gasteiger partial charge in [-0.1, -0.05) is 6.92 Å². The summed E-state index contributed by atoms with van der Waals surface area (Å²) in [5.41, 5.74) is 3.98. The molecule has 1 saturated heterocycles. The first-order valence-electron chi connectivity index (χ1n) is 6.82. The summed E-state index contributed by atoms with van der Waals surface area (Å²) >= 11 is 0. The highest BCUT2D eigenvalue weighted by atomic mass is 16.4. The summed E-state index contributed by atoms with van der Waals surface area (Å²) in [6.07, 6.45) is 1.61. The van der Waals surface area contributed by atoms with E-state index in [1.165, 1.54) is 11.8 Å². The lowest BCUT2D eigenvalue weighted by atomic mass is 9.93. The van der Waals surface area contributed by atoms with E-state index in [1.54, 1.807) is 6.92 Å². The number of aliphatic carboxylic acids is 1. The minimum atomic E-state index is -1.31. The Bertz CT molecular complexity index is 412. The molecule has 1 heterocycles. The van der Waals surface area contributed by atoms with Crippen LogP contribution in [0.3, 0.4) is 0 Å². The molecule has 4 N–H and O–H groups in total. The van der Waals surface area contributed by atoms with E-state index in [2.05, 4.69) is 5.32 Å². The Morgan fingerprint density at radius 2 is 2.00 bits per heavy atom. The fourth-order valence-electron chi connectivity index (χ4n) is 2.22. The van der Waals surface area contributed by atoms with E-state index in [4.69, 9.17) is 5.73 Å². The van der Waals surface area contributed by atoms with E-state index in [9.17, 15) is 19.5 Å². The molecule has 0 aliphatic carbocycles. The SMILES string of the molecule is CCC(C)(NC(=O)N1CC(C(N)=O)CCC1C)C(=O)O. The first kappa shape index (κ1) is 16.3. The maximum absolute atomic E-state index is 12.3. The molecule has 0 bridgehead atoms. The van der Waals surface area contributed by atoms with Crippen LogP contribution in [0.2, 0.25) is 0 Å². The summed E-state index contributed by atoms with van der Waals surface area (Å²) < 4.78 is 0. The smallest absolute Gasteiger partial charge is 0.329 e. The van der Waals surface area contributed by atoms with Crippen molar-refractivity contribution in [3.63, 3.8) is 0 Å². The molecular formula is C13H23N3O4. The number of primary amides is 1. The van der Waals surface area contributed by atoms with Gasteiger partial charge in [-0.2, -0.15) is 0 Å². The molecule has 0 aromatic carbocycles. The van der Waals surface area contributed by atoms with Crippen molar-refractivity contribution in [2.24, 2.45) is 11.7 Å². The molecule has 1 aliphatic heterocycles. The minimum Gasteiger partial charge on any atom is -0.480 e. The molecule has 7 nitrogen and oxygen atoms in total. The maximum atomic E-state index is 12.3. The Balaban J connectivity index is 2.79. The molecule has 114 valence electrons. The van der Waals surface area contributed by atoms with Crippen LogP contribution in [0.25, 0.3) is 0 Å². The number of urea groups is 1. The standard InChI is InChI=1S/C13H23N3O4/c1-4-13(3,11(18)19)15-12(20)16-7-9(10(14)17)6-5-8(16)2/h8-9H,4-7H2,1-3H3,(H2,14,17)(H,15,20)(H,18,19). The lowest BCUT2D eigenvalue weighted by molar-refractivity contribution is -0.144. The number of nitrogens with two attached hydrogens (primary N) is 1. The number of rotatable bonds is 4. The quantitative estimate of drug-likeness (QED) is 0.699. The molecule has 7 heteroatoms. The van der Waals surface area contributed by atoms with Crippen LogP contribution in [0.4, 0.5) is 4.79 Å². The molecule has 0 saturated carbocycles. The predicted molar refractivity (Wildman–Crippen MR) is 72.9 cm³/mol. The zero-order chi connectivity index (χ0) is 15.5. The number of carboxylic acids is 1. The van der Waals surface area contributed by atoms with Crippen molar-refractivity contribution in [2.45, 2.75) is 51.6 Å². The van der Waals surface area contributed by atoms with E-state index in [-0.39, 0.29) is 24.9 Å². The summed E-state index contributed by atoms with van der Waals surface area (Å²) in [5, 5.41) is 11.7. The van der Waals surface area contributed by atoms with Gasteiger partial charge in [-0.25, -0.2) is 9.59 Å². The third kappa shape index (κ3) is 3.40. The molecule has 0 spiro atoms. The summed E-state index contributed by atoms with van der Waals surface area (Å²) in [6.45, 7) is 5.27. The Kier molecular flexibility index (Phi) is 4.97. The first-order valence-corrected chi connectivity index (χ1v) is 6.82. The second kappa shape index (κ2) is 6.11. The second-order valence-electron chi connectivity index (χ2n) is 5.60. The van der Waals surface area contributed by atoms with Crippen LogP contribution < -0.4 is 11.1 Å². The predicted octanol–water partition coefficient (Wildman–Crippen LogP) is 0.535. The van der Waals surface area contributed by atoms with E-state index in [0.29, 0.717) is 12.8 Å². The molecule has 20 heavy (non-hydrogen) atoms. The lowest BCUT2D eigenvalue weighted by Crippen LogP contribution is -2.59. The average Bonchev–Trinajstić information content (AvgIpc) is 2.38. The van der Waals surface area contributed by atoms with Crippen LogP contribution in [0.5, 0.6) is 0 Å². The molecule has 0 radical (unpaired) electrons. The summed E-state index contributed by atoms with van der Waals surface area (Å²) in [7, 11) is 0. The number of amides is 3. The number of nitrogens with zero attached hydrogens (tertiary/aromatic N) is 1. The maximum Gasteiger partial charge on any atom is 0.329 e. The zero-order valence-corrected chi connectivity index (χ0v) is 12.2. The Hall–Kier alpha value is -1.79. The van der Waals surface area contributed by atoms with Gasteiger partial charge in [-0.15, -0.1) is 0 Å². The zero-order valence-electron chi connectivity index (χ0n) is 12.2. The molecule has 0 aromatic rings. The summed E-state index contributed by atoms with van der Waals surface area (Å²) in [4.78, 5) is 36.2. The van der Waals surface area contributed by atoms with E-state index >= 15 is 0 Å². The van der Waals surface area contributed by atoms with Crippen molar-refractivity contribution in [3.8, 4) is 0 Å². The number of carboxylic acid groups (broad SMARTS) is 1. The van der Waals surface area contributed by atoms with Gasteiger partial charge in [0.2, 0.25) is 5.91 Å². The minimum absolute atomic E-state index is 0.0412. The van der Waals surface area contributed by atoms with Gasteiger partial charge in [0.15, 0.2) is 0 Å². The van der Waals surface area contributed by atoms with Gasteiger partial charge in [-0.05, 0) is 33.1 Å². The van der Waals surface area contributed by atoms with Crippen molar-refractivity contribution in [1.29, 1.82) is 0 Å². The topological polar surface area (TPSA) is 113 Å². The number of piperidine rings is 1. The van der Waals surface area contributed by atoms with Crippen molar-refractivity contribution >= 4 is 17.9 Å². The van der Waals surface area contributed by atoms with Gasteiger partial charge >= 0.3 is 12.0 Å². The molecular weight excluding hydrogens is 262 g/mol. The summed E-state index contributed by atoms with van der Waals surface area (Å²) in [5.74, 6) is -1.87. The number of hydrogen-bond donors (Lipinski definition) is 3. The van der Waals surface area contributed by atoms with Crippen LogP contribution in [-0.2, 0) is 9.59 Å². The van der Waals surface area contributed by atoms with Crippen LogP contribution in [0, 0.1) is 5.92 Å². The number of likely N-dealkylation sites (tertiary alicyclic amines) is 1. The van der Waals surface area contributed by atoms with Gasteiger partial charge in [0, 0.05) is 12.6 Å². The average molecular weight is 285 g/mol. The van der Waals surface area contributed by atoms with Crippen molar-refractivity contribution in [1.82, 2.24) is 10.2 Å². The molecule has 1 fully saturated rings. The Labute approximate surface area is 118 Å². The molecule has 0 aromatic heterocycles. The molecule has 3 amide bonds. The van der Waals surface area contributed by atoms with Gasteiger partial charge in [0.25, 0.3) is 0 Å². The Morgan fingerprint density at radius 3 is 2.45 bits per heavy atom. The summed E-state index contributed by atoms with van der Waals surface area (Å²) in [6, 6.07) is -0.504. The van der Waals surface area contributed by atoms with Gasteiger partial charge < -0.3 is 21.1 Å². The van der Waals surface area contributed by atoms with E-state index < -0.39 is 23.4 Å². The second-order valence-corrected chi connectivity index (χ2v) is 5.60. The monoisotopic (exact) mass is 285 g/mol. The molecule has 1 aliphatic rings. The van der Waals surface area contributed by atoms with Crippen molar-refractivity contribution in [2.75, 3.05) is 6.54 Å². The van der Waals surface area contributed by atoms with Crippen molar-refractivity contribution in [3.05, 3.63) is 0 Å². The molecule has 3 atom stereocenters. The molecule has 1 rings (SSSR count). The fourth-order valence-corrected chi connectivity index (χ4v) is 2.22. The highest BCUT2D eigenvalue weighted by molar-refractivity contribution is 5.86. The third-order valence-corrected chi connectivity index (χ3v) is 4.11. The number of hydrogen-bond acceptors (Lipinski definition) is 3. The fraction of sp³-hybridized carbons (Fsp3) is 0.769. The van der Waals surface area contributed by atoms with Gasteiger partial charge in [0.05, 0.1) is 5.92 Å². The van der Waals surface area contributed by atoms with Crippen LogP contribution in [0.15, 0.2) is 0 Å². The lowest BCUT2D eigenvalue weighted by Gasteiger charge is -2.38. The van der Waals surface area contributed by atoms with Gasteiger partial charge in [-0.3, -0.25) is 4.79 Å². The van der Waals surface area contributed by atoms with Gasteiger partial charge in [0.1, 0.15) is 5.54 Å². The van der Waals surface area contributed by atoms with E-state index in [1.807, 2.05) is 6.92 Å². The first-order chi connectivity index (χ1) is 9.21. The highest BCUT2D eigenvalue weighted by Crippen LogP contribution is 2.22. The largest absolute Gasteiger partial charge is 0.480 e. The number of carbonyl (C=O) groups is 3. The highest BCUT2D eigenvalue weighted by Gasteiger charge is 2.37. The Morgan fingerprint density at radius 1 is 1.40 bits per heavy atom. The number of carbonyl (C=O) groups excluding carboxylic acids is 2. The van der Waals surface area contributed by atoms with Crippen LogP contribution in [-0.4, -0.2) is 46.0 Å². The molecule has 3 unspecified atom stereocenters. The number of nitrogens with one attached hydrogen (secondary N) is 1. The van der Waals surface area contributed by atoms with Crippen LogP contribution >= 0.6 is 0 Å². The normalized spacial score (nSPS) is 25.6. The van der Waals surface area contributed by atoms with Crippen LogP contribution in [0.1, 0.15) is 40.0 Å². The van der Waals surface area contributed by atoms with E-state index in [0.717, 1.165) is 0 Å².